The first kappa shape index (κ1) is 20.9. The predicted molar refractivity (Wildman–Crippen MR) is 130 cm³/mol. The van der Waals surface area contributed by atoms with Crippen molar-refractivity contribution in [3.8, 4) is 0 Å². The highest BCUT2D eigenvalue weighted by Crippen LogP contribution is 2.35. The van der Waals surface area contributed by atoms with E-state index >= 15 is 0 Å². The highest BCUT2D eigenvalue weighted by atomic mass is 16.2. The minimum absolute atomic E-state index is 0.259. The molecule has 0 atom stereocenters. The summed E-state index contributed by atoms with van der Waals surface area (Å²) in [6.45, 7) is 6.74. The van der Waals surface area contributed by atoms with Crippen LogP contribution in [0.25, 0.3) is 5.57 Å². The van der Waals surface area contributed by atoms with E-state index in [0.717, 1.165) is 35.6 Å². The van der Waals surface area contributed by atoms with Crippen LogP contribution in [0.1, 0.15) is 16.7 Å². The Balaban J connectivity index is 1.50. The number of hydrogen-bond acceptors (Lipinski definition) is 5. The number of piperazine rings is 1. The van der Waals surface area contributed by atoms with Gasteiger partial charge in [-0.25, -0.2) is 9.88 Å². The Kier molecular flexibility index (Phi) is 5.42. The Hall–Kier alpha value is -3.93. The number of aromatic nitrogens is 1. The van der Waals surface area contributed by atoms with E-state index in [9.17, 15) is 9.59 Å². The Morgan fingerprint density at radius 3 is 1.91 bits per heavy atom. The lowest BCUT2D eigenvalue weighted by Crippen LogP contribution is -2.48. The quantitative estimate of drug-likeness (QED) is 0.580. The maximum absolute atomic E-state index is 13.7. The molecule has 0 bridgehead atoms. The van der Waals surface area contributed by atoms with Crippen LogP contribution in [0.15, 0.2) is 78.6 Å². The molecule has 2 aromatic carbocycles. The van der Waals surface area contributed by atoms with Crippen LogP contribution in [0.2, 0.25) is 0 Å². The minimum Gasteiger partial charge on any atom is -0.363 e. The molecule has 6 heteroatoms. The van der Waals surface area contributed by atoms with Gasteiger partial charge in [-0.15, -0.1) is 0 Å². The Morgan fingerprint density at radius 1 is 0.697 bits per heavy atom. The summed E-state index contributed by atoms with van der Waals surface area (Å²) in [6.07, 6.45) is 1.79. The standard InChI is InChI=1S/C27H26N4O2/c1-19-6-10-21(11-7-19)24-25(27(33)31(26(24)32)22-12-8-20(2)9-13-22)30-17-15-29(16-18-30)23-5-3-4-14-28-23/h3-14H,15-18H2,1-2H3. The van der Waals surface area contributed by atoms with E-state index in [2.05, 4.69) is 14.8 Å². The molecule has 0 unspecified atom stereocenters. The summed E-state index contributed by atoms with van der Waals surface area (Å²) >= 11 is 0. The van der Waals surface area contributed by atoms with E-state index in [4.69, 9.17) is 0 Å². The van der Waals surface area contributed by atoms with Gasteiger partial charge in [-0.3, -0.25) is 9.59 Å². The van der Waals surface area contributed by atoms with Crippen LogP contribution in [-0.2, 0) is 9.59 Å². The fourth-order valence-electron chi connectivity index (χ4n) is 4.42. The molecule has 6 nitrogen and oxygen atoms in total. The number of aryl methyl sites for hydroxylation is 2. The monoisotopic (exact) mass is 438 g/mol. The van der Waals surface area contributed by atoms with Gasteiger partial charge < -0.3 is 9.80 Å². The van der Waals surface area contributed by atoms with Gasteiger partial charge in [0.05, 0.1) is 11.3 Å². The lowest BCUT2D eigenvalue weighted by atomic mass is 10.0. The Morgan fingerprint density at radius 2 is 1.30 bits per heavy atom. The fraction of sp³-hybridized carbons (Fsp3) is 0.222. The van der Waals surface area contributed by atoms with E-state index in [1.165, 1.54) is 4.90 Å². The van der Waals surface area contributed by atoms with E-state index in [1.807, 2.05) is 80.6 Å². The molecule has 0 saturated carbocycles. The predicted octanol–water partition coefficient (Wildman–Crippen LogP) is 3.81. The van der Waals surface area contributed by atoms with Crippen LogP contribution in [-0.4, -0.2) is 47.9 Å². The van der Waals surface area contributed by atoms with Crippen LogP contribution in [0.5, 0.6) is 0 Å². The number of nitrogens with zero attached hydrogens (tertiary/aromatic N) is 4. The third kappa shape index (κ3) is 3.89. The molecular weight excluding hydrogens is 412 g/mol. The molecule has 1 aromatic heterocycles. The molecule has 0 N–H and O–H groups in total. The maximum atomic E-state index is 13.7. The molecule has 3 heterocycles. The molecule has 33 heavy (non-hydrogen) atoms. The smallest absolute Gasteiger partial charge is 0.282 e. The number of imide groups is 1. The molecule has 0 radical (unpaired) electrons. The first-order valence-electron chi connectivity index (χ1n) is 11.2. The second kappa shape index (κ2) is 8.54. The number of benzene rings is 2. The zero-order valence-electron chi connectivity index (χ0n) is 18.9. The number of rotatable bonds is 4. The highest BCUT2D eigenvalue weighted by molar-refractivity contribution is 6.45. The van der Waals surface area contributed by atoms with Gasteiger partial charge in [-0.2, -0.15) is 0 Å². The summed E-state index contributed by atoms with van der Waals surface area (Å²) in [5, 5.41) is 0. The summed E-state index contributed by atoms with van der Waals surface area (Å²) in [7, 11) is 0. The first-order valence-corrected chi connectivity index (χ1v) is 11.2. The molecule has 1 fully saturated rings. The summed E-state index contributed by atoms with van der Waals surface area (Å²) in [6, 6.07) is 21.2. The average Bonchev–Trinajstić information content (AvgIpc) is 3.11. The average molecular weight is 439 g/mol. The molecule has 2 aliphatic heterocycles. The van der Waals surface area contributed by atoms with E-state index in [1.54, 1.807) is 6.20 Å². The molecule has 2 aliphatic rings. The third-order valence-corrected chi connectivity index (χ3v) is 6.26. The van der Waals surface area contributed by atoms with Crippen molar-refractivity contribution in [2.75, 3.05) is 36.0 Å². The zero-order valence-corrected chi connectivity index (χ0v) is 18.9. The number of amides is 2. The minimum atomic E-state index is -0.269. The van der Waals surface area contributed by atoms with Gasteiger partial charge in [0, 0.05) is 32.4 Å². The van der Waals surface area contributed by atoms with E-state index in [0.29, 0.717) is 30.0 Å². The number of pyridine rings is 1. The second-order valence-corrected chi connectivity index (χ2v) is 8.53. The molecule has 166 valence electrons. The van der Waals surface area contributed by atoms with Crippen molar-refractivity contribution in [2.45, 2.75) is 13.8 Å². The molecule has 3 aromatic rings. The lowest BCUT2D eigenvalue weighted by Gasteiger charge is -2.37. The summed E-state index contributed by atoms with van der Waals surface area (Å²) < 4.78 is 0. The van der Waals surface area contributed by atoms with Crippen LogP contribution >= 0.6 is 0 Å². The normalized spacial score (nSPS) is 16.7. The van der Waals surface area contributed by atoms with Crippen LogP contribution in [0, 0.1) is 13.8 Å². The van der Waals surface area contributed by atoms with Gasteiger partial charge in [-0.05, 0) is 43.7 Å². The first-order chi connectivity index (χ1) is 16.0. The topological polar surface area (TPSA) is 56.8 Å². The third-order valence-electron chi connectivity index (χ3n) is 6.26. The van der Waals surface area contributed by atoms with Gasteiger partial charge in [0.15, 0.2) is 0 Å². The summed E-state index contributed by atoms with van der Waals surface area (Å²) in [5.41, 5.74) is 4.53. The van der Waals surface area contributed by atoms with Crippen molar-refractivity contribution in [2.24, 2.45) is 0 Å². The van der Waals surface area contributed by atoms with Crippen molar-refractivity contribution < 1.29 is 9.59 Å². The maximum Gasteiger partial charge on any atom is 0.282 e. The van der Waals surface area contributed by atoms with Gasteiger partial charge in [0.2, 0.25) is 0 Å². The lowest BCUT2D eigenvalue weighted by molar-refractivity contribution is -0.120. The Bertz CT molecular complexity index is 1210. The zero-order chi connectivity index (χ0) is 22.9. The van der Waals surface area contributed by atoms with Gasteiger partial charge >= 0.3 is 0 Å². The number of hydrogen-bond donors (Lipinski definition) is 0. The van der Waals surface area contributed by atoms with Gasteiger partial charge in [0.25, 0.3) is 11.8 Å². The van der Waals surface area contributed by atoms with Crippen molar-refractivity contribution in [1.82, 2.24) is 9.88 Å². The second-order valence-electron chi connectivity index (χ2n) is 8.53. The van der Waals surface area contributed by atoms with Crippen molar-refractivity contribution in [1.29, 1.82) is 0 Å². The van der Waals surface area contributed by atoms with Crippen LogP contribution < -0.4 is 9.80 Å². The Labute approximate surface area is 193 Å². The largest absolute Gasteiger partial charge is 0.363 e. The molecular formula is C27H26N4O2. The fourth-order valence-corrected chi connectivity index (χ4v) is 4.42. The molecule has 2 amide bonds. The molecule has 0 aliphatic carbocycles. The van der Waals surface area contributed by atoms with Crippen LogP contribution in [0.3, 0.4) is 0 Å². The number of anilines is 2. The molecule has 5 rings (SSSR count). The van der Waals surface area contributed by atoms with E-state index in [-0.39, 0.29) is 11.8 Å². The molecule has 1 saturated heterocycles. The van der Waals surface area contributed by atoms with Crippen molar-refractivity contribution in [3.63, 3.8) is 0 Å². The van der Waals surface area contributed by atoms with E-state index < -0.39 is 0 Å². The van der Waals surface area contributed by atoms with Crippen molar-refractivity contribution >= 4 is 28.9 Å². The number of carbonyl (C=O) groups is 2. The van der Waals surface area contributed by atoms with Gasteiger partial charge in [-0.1, -0.05) is 53.6 Å². The molecule has 0 spiro atoms. The summed E-state index contributed by atoms with van der Waals surface area (Å²) in [4.78, 5) is 37.3. The highest BCUT2D eigenvalue weighted by Gasteiger charge is 2.43. The van der Waals surface area contributed by atoms with Gasteiger partial charge in [0.1, 0.15) is 11.5 Å². The van der Waals surface area contributed by atoms with Crippen LogP contribution in [0.4, 0.5) is 11.5 Å². The number of carbonyl (C=O) groups excluding carboxylic acids is 2. The van der Waals surface area contributed by atoms with Crippen molar-refractivity contribution in [3.05, 3.63) is 95.3 Å². The SMILES string of the molecule is Cc1ccc(C2=C(N3CCN(c4ccccn4)CC3)C(=O)N(c3ccc(C)cc3)C2=O)cc1. The summed E-state index contributed by atoms with van der Waals surface area (Å²) in [5.74, 6) is 0.403.